The van der Waals surface area contributed by atoms with Crippen molar-refractivity contribution in [2.45, 2.75) is 51.0 Å². The van der Waals surface area contributed by atoms with Crippen molar-refractivity contribution >= 4 is 27.4 Å². The van der Waals surface area contributed by atoms with E-state index in [4.69, 9.17) is 0 Å². The van der Waals surface area contributed by atoms with E-state index in [9.17, 15) is 13.2 Å². The topological polar surface area (TPSA) is 107 Å². The third-order valence-electron chi connectivity index (χ3n) is 3.34. The van der Waals surface area contributed by atoms with E-state index in [0.717, 1.165) is 4.80 Å². The molecule has 0 aliphatic rings. The SMILES string of the molecule is C=C(C)n1nnc(NC(=O)C(C)(C)S(=O)(=O)[C@@H](C)CC)n1. The van der Waals surface area contributed by atoms with E-state index in [2.05, 4.69) is 27.3 Å². The van der Waals surface area contributed by atoms with E-state index >= 15 is 0 Å². The molecule has 8 nitrogen and oxygen atoms in total. The number of amides is 1. The van der Waals surface area contributed by atoms with Crippen molar-refractivity contribution in [3.05, 3.63) is 6.58 Å². The van der Waals surface area contributed by atoms with Gasteiger partial charge in [0.15, 0.2) is 9.84 Å². The predicted molar refractivity (Wildman–Crippen MR) is 80.2 cm³/mol. The number of allylic oxidation sites excluding steroid dienone is 1. The summed E-state index contributed by atoms with van der Waals surface area (Å²) in [5, 5.41) is 13.0. The maximum Gasteiger partial charge on any atom is 0.270 e. The highest BCUT2D eigenvalue weighted by atomic mass is 32.2. The summed E-state index contributed by atoms with van der Waals surface area (Å²) in [5.41, 5.74) is 0.523. The lowest BCUT2D eigenvalue weighted by atomic mass is 10.2. The molecule has 0 bridgehead atoms. The molecule has 21 heavy (non-hydrogen) atoms. The fourth-order valence-electron chi connectivity index (χ4n) is 1.53. The van der Waals surface area contributed by atoms with Crippen LogP contribution in [0.4, 0.5) is 5.95 Å². The molecule has 0 aliphatic heterocycles. The lowest BCUT2D eigenvalue weighted by Crippen LogP contribution is -2.48. The molecule has 118 valence electrons. The summed E-state index contributed by atoms with van der Waals surface area (Å²) >= 11 is 0. The fraction of sp³-hybridized carbons (Fsp3) is 0.667. The van der Waals surface area contributed by atoms with Crippen LogP contribution in [-0.4, -0.2) is 44.5 Å². The van der Waals surface area contributed by atoms with E-state index in [1.165, 1.54) is 13.8 Å². The third-order valence-corrected chi connectivity index (χ3v) is 6.34. The van der Waals surface area contributed by atoms with E-state index < -0.39 is 25.7 Å². The zero-order chi connectivity index (χ0) is 16.4. The van der Waals surface area contributed by atoms with Gasteiger partial charge in [-0.2, -0.15) is 0 Å². The minimum atomic E-state index is -3.63. The van der Waals surface area contributed by atoms with Crippen LogP contribution in [0.15, 0.2) is 6.58 Å². The number of anilines is 1. The first-order valence-corrected chi connectivity index (χ1v) is 8.09. The summed E-state index contributed by atoms with van der Waals surface area (Å²) in [6.45, 7) is 11.4. The normalized spacial score (nSPS) is 13.8. The molecule has 0 spiro atoms. The Kier molecular flexibility index (Phi) is 4.87. The highest BCUT2D eigenvalue weighted by Crippen LogP contribution is 2.24. The molecule has 1 heterocycles. The number of hydrogen-bond donors (Lipinski definition) is 1. The number of nitrogens with one attached hydrogen (secondary N) is 1. The Morgan fingerprint density at radius 3 is 2.48 bits per heavy atom. The van der Waals surface area contributed by atoms with Gasteiger partial charge < -0.3 is 0 Å². The Morgan fingerprint density at radius 2 is 2.05 bits per heavy atom. The van der Waals surface area contributed by atoms with Crippen molar-refractivity contribution in [2.24, 2.45) is 0 Å². The molecule has 1 atom stereocenters. The summed E-state index contributed by atoms with van der Waals surface area (Å²) in [6.07, 6.45) is 0.434. The molecule has 1 rings (SSSR count). The first-order valence-electron chi connectivity index (χ1n) is 6.54. The van der Waals surface area contributed by atoms with Crippen LogP contribution in [0.5, 0.6) is 0 Å². The quantitative estimate of drug-likeness (QED) is 0.842. The smallest absolute Gasteiger partial charge is 0.270 e. The molecule has 0 saturated heterocycles. The fourth-order valence-corrected chi connectivity index (χ4v) is 3.28. The van der Waals surface area contributed by atoms with Gasteiger partial charge in [0.1, 0.15) is 4.75 Å². The monoisotopic (exact) mass is 315 g/mol. The van der Waals surface area contributed by atoms with Gasteiger partial charge in [0.05, 0.1) is 10.9 Å². The van der Waals surface area contributed by atoms with Crippen LogP contribution < -0.4 is 5.32 Å². The first kappa shape index (κ1) is 17.3. The van der Waals surface area contributed by atoms with Crippen LogP contribution in [0.1, 0.15) is 41.0 Å². The number of tetrazole rings is 1. The van der Waals surface area contributed by atoms with Gasteiger partial charge in [0.2, 0.25) is 5.91 Å². The van der Waals surface area contributed by atoms with E-state index in [0.29, 0.717) is 12.1 Å². The second-order valence-electron chi connectivity index (χ2n) is 5.37. The van der Waals surface area contributed by atoms with Crippen molar-refractivity contribution in [3.8, 4) is 0 Å². The van der Waals surface area contributed by atoms with Crippen LogP contribution in [0.3, 0.4) is 0 Å². The Labute approximate surface area is 124 Å². The lowest BCUT2D eigenvalue weighted by molar-refractivity contribution is -0.117. The van der Waals surface area contributed by atoms with Crippen LogP contribution in [0, 0.1) is 0 Å². The number of aromatic nitrogens is 4. The van der Waals surface area contributed by atoms with Gasteiger partial charge in [-0.1, -0.05) is 18.6 Å². The molecular formula is C12H21N5O3S. The van der Waals surface area contributed by atoms with Gasteiger partial charge in [-0.05, 0) is 39.3 Å². The Bertz CT molecular complexity index is 648. The molecule has 0 saturated carbocycles. The first-order chi connectivity index (χ1) is 9.53. The van der Waals surface area contributed by atoms with E-state index in [1.54, 1.807) is 20.8 Å². The van der Waals surface area contributed by atoms with Gasteiger partial charge in [-0.3, -0.25) is 10.1 Å². The lowest BCUT2D eigenvalue weighted by Gasteiger charge is -2.26. The van der Waals surface area contributed by atoms with Gasteiger partial charge >= 0.3 is 0 Å². The second kappa shape index (κ2) is 5.92. The summed E-state index contributed by atoms with van der Waals surface area (Å²) < 4.78 is 23.2. The summed E-state index contributed by atoms with van der Waals surface area (Å²) in [4.78, 5) is 13.4. The molecule has 9 heteroatoms. The van der Waals surface area contributed by atoms with Crippen LogP contribution in [0.25, 0.3) is 5.70 Å². The van der Waals surface area contributed by atoms with Crippen molar-refractivity contribution in [3.63, 3.8) is 0 Å². The molecule has 1 N–H and O–H groups in total. The molecule has 0 fully saturated rings. The maximum atomic E-state index is 12.4. The minimum absolute atomic E-state index is 0.0598. The number of hydrogen-bond acceptors (Lipinski definition) is 6. The Balaban J connectivity index is 2.98. The molecule has 1 aromatic heterocycles. The molecule has 1 amide bonds. The molecule has 0 unspecified atom stereocenters. The molecule has 0 radical (unpaired) electrons. The average molecular weight is 315 g/mol. The van der Waals surface area contributed by atoms with Crippen molar-refractivity contribution in [2.75, 3.05) is 5.32 Å². The van der Waals surface area contributed by atoms with Crippen molar-refractivity contribution < 1.29 is 13.2 Å². The number of rotatable bonds is 6. The van der Waals surface area contributed by atoms with Gasteiger partial charge in [-0.15, -0.1) is 9.90 Å². The average Bonchev–Trinajstić information content (AvgIpc) is 2.85. The van der Waals surface area contributed by atoms with Crippen LogP contribution in [0.2, 0.25) is 0 Å². The third kappa shape index (κ3) is 3.29. The zero-order valence-electron chi connectivity index (χ0n) is 12.9. The van der Waals surface area contributed by atoms with E-state index in [-0.39, 0.29) is 5.95 Å². The maximum absolute atomic E-state index is 12.4. The predicted octanol–water partition coefficient (Wildman–Crippen LogP) is 1.09. The van der Waals surface area contributed by atoms with E-state index in [1.807, 2.05) is 0 Å². The number of sulfone groups is 1. The van der Waals surface area contributed by atoms with Gasteiger partial charge in [-0.25, -0.2) is 8.42 Å². The van der Waals surface area contributed by atoms with Gasteiger partial charge in [0.25, 0.3) is 5.95 Å². The zero-order valence-corrected chi connectivity index (χ0v) is 13.7. The summed E-state index contributed by atoms with van der Waals surface area (Å²) in [6, 6.07) is 0. The number of nitrogens with zero attached hydrogens (tertiary/aromatic N) is 4. The minimum Gasteiger partial charge on any atom is -0.290 e. The summed E-state index contributed by atoms with van der Waals surface area (Å²) in [7, 11) is -3.63. The Morgan fingerprint density at radius 1 is 1.48 bits per heavy atom. The van der Waals surface area contributed by atoms with Crippen LogP contribution in [-0.2, 0) is 14.6 Å². The largest absolute Gasteiger partial charge is 0.290 e. The standard InChI is InChI=1S/C12H21N5O3S/c1-7-9(4)21(19,20)12(5,6)10(18)13-11-14-16-17(15-11)8(2)3/h9H,2,7H2,1,3-6H3,(H,13,15,18)/t9-/m0/s1. The molecule has 1 aromatic rings. The Hall–Kier alpha value is -1.77. The highest BCUT2D eigenvalue weighted by molar-refractivity contribution is 7.94. The number of carbonyl (C=O) groups is 1. The molecule has 0 aromatic carbocycles. The van der Waals surface area contributed by atoms with Crippen LogP contribution >= 0.6 is 0 Å². The van der Waals surface area contributed by atoms with Crippen molar-refractivity contribution in [1.29, 1.82) is 0 Å². The number of carbonyl (C=O) groups excluding carboxylic acids is 1. The summed E-state index contributed by atoms with van der Waals surface area (Å²) in [5.74, 6) is -0.750. The molecule has 0 aliphatic carbocycles. The second-order valence-corrected chi connectivity index (χ2v) is 8.28. The molecular weight excluding hydrogens is 294 g/mol. The van der Waals surface area contributed by atoms with Gasteiger partial charge in [0, 0.05) is 0 Å². The van der Waals surface area contributed by atoms with Crippen molar-refractivity contribution in [1.82, 2.24) is 20.2 Å². The highest BCUT2D eigenvalue weighted by Gasteiger charge is 2.44.